The quantitative estimate of drug-likeness (QED) is 0.455. The number of hydrogen-bond acceptors (Lipinski definition) is 4. The second-order valence-corrected chi connectivity index (χ2v) is 10.6. The van der Waals surface area contributed by atoms with E-state index < -0.39 is 6.09 Å². The van der Waals surface area contributed by atoms with Crippen molar-refractivity contribution in [2.24, 2.45) is 11.7 Å². The maximum absolute atomic E-state index is 12.5. The Balaban J connectivity index is 1.85. The summed E-state index contributed by atoms with van der Waals surface area (Å²) in [5.74, 6) is -0.203. The van der Waals surface area contributed by atoms with Crippen molar-refractivity contribution in [3.8, 4) is 11.1 Å². The van der Waals surface area contributed by atoms with E-state index in [0.29, 0.717) is 0 Å². The molecule has 2 amide bonds. The van der Waals surface area contributed by atoms with E-state index in [1.165, 1.54) is 5.56 Å². The summed E-state index contributed by atoms with van der Waals surface area (Å²) >= 11 is 0. The number of benzene rings is 2. The summed E-state index contributed by atoms with van der Waals surface area (Å²) < 4.78 is 5.71. The fraction of sp³-hybridized carbons (Fsp3) is 0.414. The monoisotopic (exact) mass is 473 g/mol. The zero-order valence-electron chi connectivity index (χ0n) is 21.3. The fourth-order valence-electron chi connectivity index (χ4n) is 4.61. The van der Waals surface area contributed by atoms with Crippen LogP contribution in [-0.4, -0.2) is 22.5 Å². The maximum Gasteiger partial charge on any atom is 0.407 e. The van der Waals surface area contributed by atoms with E-state index in [0.717, 1.165) is 58.1 Å². The van der Waals surface area contributed by atoms with Crippen LogP contribution in [0.4, 0.5) is 4.79 Å². The fourth-order valence-corrected chi connectivity index (χ4v) is 4.61. The average molecular weight is 474 g/mol. The molecule has 1 saturated carbocycles. The van der Waals surface area contributed by atoms with Crippen molar-refractivity contribution >= 4 is 22.9 Å². The van der Waals surface area contributed by atoms with Gasteiger partial charge in [0.1, 0.15) is 6.61 Å². The first-order valence-corrected chi connectivity index (χ1v) is 12.3. The van der Waals surface area contributed by atoms with Gasteiger partial charge in [-0.05, 0) is 75.3 Å². The van der Waals surface area contributed by atoms with Crippen LogP contribution in [-0.2, 0) is 22.6 Å². The molecular formula is C29H35N3O3. The molecule has 0 spiro atoms. The van der Waals surface area contributed by atoms with Crippen molar-refractivity contribution in [1.82, 2.24) is 10.3 Å². The van der Waals surface area contributed by atoms with Crippen LogP contribution < -0.4 is 11.1 Å². The van der Waals surface area contributed by atoms with Crippen LogP contribution >= 0.6 is 0 Å². The molecule has 2 aromatic carbocycles. The molecular weight excluding hydrogens is 438 g/mol. The molecule has 1 aliphatic carbocycles. The zero-order valence-corrected chi connectivity index (χ0v) is 21.3. The van der Waals surface area contributed by atoms with Crippen LogP contribution in [0.3, 0.4) is 0 Å². The second kappa shape index (κ2) is 9.68. The molecule has 35 heavy (non-hydrogen) atoms. The number of nitrogens with one attached hydrogen (secondary N) is 1. The highest BCUT2D eigenvalue weighted by Crippen LogP contribution is 2.48. The number of carbonyl (C=O) groups is 2. The minimum absolute atomic E-state index is 0.105. The predicted octanol–water partition coefficient (Wildman–Crippen LogP) is 5.78. The van der Waals surface area contributed by atoms with Crippen LogP contribution in [0.15, 0.2) is 42.5 Å². The third kappa shape index (κ3) is 5.64. The molecule has 3 aromatic rings. The Morgan fingerprint density at radius 3 is 2.46 bits per heavy atom. The van der Waals surface area contributed by atoms with Crippen molar-refractivity contribution in [3.05, 3.63) is 64.8 Å². The number of amides is 2. The van der Waals surface area contributed by atoms with E-state index in [9.17, 15) is 9.59 Å². The molecule has 0 bridgehead atoms. The number of alkyl carbamates (subject to hydrolysis) is 1. The van der Waals surface area contributed by atoms with Gasteiger partial charge in [-0.3, -0.25) is 9.78 Å². The zero-order chi connectivity index (χ0) is 25.3. The highest BCUT2D eigenvalue weighted by atomic mass is 16.5. The lowest BCUT2D eigenvalue weighted by molar-refractivity contribution is -0.119. The summed E-state index contributed by atoms with van der Waals surface area (Å²) in [7, 11) is 0. The summed E-state index contributed by atoms with van der Waals surface area (Å²) in [5, 5.41) is 3.86. The summed E-state index contributed by atoms with van der Waals surface area (Å²) in [4.78, 5) is 29.2. The van der Waals surface area contributed by atoms with Gasteiger partial charge in [0, 0.05) is 28.1 Å². The number of aryl methyl sites for hydroxylation is 2. The van der Waals surface area contributed by atoms with Crippen LogP contribution in [0.25, 0.3) is 22.0 Å². The number of ether oxygens (including phenoxy) is 1. The molecule has 1 aromatic heterocycles. The maximum atomic E-state index is 12.5. The minimum Gasteiger partial charge on any atom is -0.445 e. The number of pyridine rings is 1. The van der Waals surface area contributed by atoms with E-state index in [1.54, 1.807) is 0 Å². The number of nitrogens with two attached hydrogens (primary N) is 1. The number of primary amides is 1. The van der Waals surface area contributed by atoms with Gasteiger partial charge in [0.25, 0.3) is 0 Å². The number of carbonyl (C=O) groups excluding carboxylic acids is 2. The molecule has 184 valence electrons. The first-order chi connectivity index (χ1) is 16.6. The molecule has 4 rings (SSSR count). The molecule has 6 heteroatoms. The van der Waals surface area contributed by atoms with Crippen LogP contribution in [0, 0.1) is 12.8 Å². The molecule has 1 heterocycles. The smallest absolute Gasteiger partial charge is 0.407 e. The first-order valence-electron chi connectivity index (χ1n) is 12.3. The van der Waals surface area contributed by atoms with Crippen LogP contribution in [0.2, 0.25) is 0 Å². The van der Waals surface area contributed by atoms with Crippen molar-refractivity contribution in [3.63, 3.8) is 0 Å². The number of fused-ring (bicyclic) bond motifs is 1. The summed E-state index contributed by atoms with van der Waals surface area (Å²) in [6.45, 7) is 10.1. The lowest BCUT2D eigenvalue weighted by Gasteiger charge is -2.22. The van der Waals surface area contributed by atoms with Gasteiger partial charge in [-0.25, -0.2) is 4.79 Å². The van der Waals surface area contributed by atoms with Gasteiger partial charge in [0.2, 0.25) is 5.91 Å². The normalized spacial score (nSPS) is 17.3. The van der Waals surface area contributed by atoms with E-state index in [1.807, 2.05) is 26.8 Å². The van der Waals surface area contributed by atoms with Crippen LogP contribution in [0.5, 0.6) is 0 Å². The number of rotatable bonds is 7. The van der Waals surface area contributed by atoms with Crippen molar-refractivity contribution in [2.75, 3.05) is 0 Å². The Labute approximate surface area is 207 Å². The summed E-state index contributed by atoms with van der Waals surface area (Å²) in [6.07, 6.45) is 2.03. The van der Waals surface area contributed by atoms with E-state index in [2.05, 4.69) is 55.6 Å². The van der Waals surface area contributed by atoms with Crippen molar-refractivity contribution < 1.29 is 14.3 Å². The first kappa shape index (κ1) is 24.7. The molecule has 3 N–H and O–H groups in total. The topological polar surface area (TPSA) is 94.3 Å². The van der Waals surface area contributed by atoms with Crippen LogP contribution in [0.1, 0.15) is 68.8 Å². The van der Waals surface area contributed by atoms with Gasteiger partial charge in [0.15, 0.2) is 0 Å². The standard InChI is InChI=1S/C29H35N3O3/c1-6-7-24-23(16-35-28(34)32-29(3,4)5)26(18-10-8-17(2)9-11-18)22-14-19(12-13-25(22)31-24)20-15-21(20)27(30)33/h8-14,20-21H,6-7,15-16H2,1-5H3,(H2,30,33)(H,32,34). The minimum atomic E-state index is -0.453. The average Bonchev–Trinajstić information content (AvgIpc) is 3.58. The largest absolute Gasteiger partial charge is 0.445 e. The summed E-state index contributed by atoms with van der Waals surface area (Å²) in [6, 6.07) is 14.6. The van der Waals surface area contributed by atoms with Gasteiger partial charge in [-0.1, -0.05) is 49.2 Å². The van der Waals surface area contributed by atoms with E-state index in [-0.39, 0.29) is 29.9 Å². The number of nitrogens with zero attached hydrogens (tertiary/aromatic N) is 1. The second-order valence-electron chi connectivity index (χ2n) is 10.6. The predicted molar refractivity (Wildman–Crippen MR) is 139 cm³/mol. The Morgan fingerprint density at radius 2 is 1.86 bits per heavy atom. The Hall–Kier alpha value is -3.41. The highest BCUT2D eigenvalue weighted by molar-refractivity contribution is 5.97. The molecule has 1 fully saturated rings. The highest BCUT2D eigenvalue weighted by Gasteiger charge is 2.42. The molecule has 2 unspecified atom stereocenters. The molecule has 1 aliphatic rings. The molecule has 0 saturated heterocycles. The number of hydrogen-bond donors (Lipinski definition) is 2. The number of aromatic nitrogens is 1. The SMILES string of the molecule is CCCc1nc2ccc(C3CC3C(N)=O)cc2c(-c2ccc(C)cc2)c1COC(=O)NC(C)(C)C. The molecule has 0 radical (unpaired) electrons. The Bertz CT molecular complexity index is 1260. The van der Waals surface area contributed by atoms with Gasteiger partial charge in [0.05, 0.1) is 5.52 Å². The lowest BCUT2D eigenvalue weighted by Crippen LogP contribution is -2.40. The van der Waals surface area contributed by atoms with Gasteiger partial charge < -0.3 is 15.8 Å². The van der Waals surface area contributed by atoms with Crippen molar-refractivity contribution in [1.29, 1.82) is 0 Å². The molecule has 6 nitrogen and oxygen atoms in total. The third-order valence-corrected chi connectivity index (χ3v) is 6.43. The van der Waals surface area contributed by atoms with Gasteiger partial charge in [-0.15, -0.1) is 0 Å². The molecule has 2 atom stereocenters. The third-order valence-electron chi connectivity index (χ3n) is 6.43. The van der Waals surface area contributed by atoms with Gasteiger partial charge in [-0.2, -0.15) is 0 Å². The lowest BCUT2D eigenvalue weighted by atomic mass is 9.91. The van der Waals surface area contributed by atoms with E-state index in [4.69, 9.17) is 15.5 Å². The Morgan fingerprint density at radius 1 is 1.14 bits per heavy atom. The Kier molecular flexibility index (Phi) is 6.84. The van der Waals surface area contributed by atoms with Crippen molar-refractivity contribution in [2.45, 2.75) is 71.9 Å². The summed E-state index contributed by atoms with van der Waals surface area (Å²) in [5.41, 5.74) is 12.3. The van der Waals surface area contributed by atoms with E-state index >= 15 is 0 Å². The van der Waals surface area contributed by atoms with Gasteiger partial charge >= 0.3 is 6.09 Å². The molecule has 0 aliphatic heterocycles.